The Morgan fingerprint density at radius 1 is 0.463 bits per heavy atom. The Bertz CT molecular complexity index is 2250. The molecule has 0 radical (unpaired) electrons. The molecule has 1 aliphatic heterocycles. The molecular formula is C37H21BrO2S. The van der Waals surface area contributed by atoms with Gasteiger partial charge in [-0.1, -0.05) is 125 Å². The second kappa shape index (κ2) is 7.94. The van der Waals surface area contributed by atoms with Crippen LogP contribution in [0.25, 0.3) is 44.5 Å². The first-order chi connectivity index (χ1) is 20.0. The van der Waals surface area contributed by atoms with E-state index in [4.69, 9.17) is 0 Å². The Morgan fingerprint density at radius 2 is 1.00 bits per heavy atom. The largest absolute Gasteiger partial charge is 0.218 e. The van der Waals surface area contributed by atoms with Gasteiger partial charge in [0.15, 0.2) is 0 Å². The molecule has 3 aliphatic rings. The van der Waals surface area contributed by atoms with Crippen molar-refractivity contribution in [3.8, 4) is 44.5 Å². The van der Waals surface area contributed by atoms with Crippen LogP contribution < -0.4 is 0 Å². The van der Waals surface area contributed by atoms with Gasteiger partial charge in [-0.05, 0) is 68.3 Å². The van der Waals surface area contributed by atoms with Gasteiger partial charge in [0.1, 0.15) is 0 Å². The zero-order chi connectivity index (χ0) is 27.5. The maximum Gasteiger partial charge on any atom is 0.208 e. The monoisotopic (exact) mass is 608 g/mol. The van der Waals surface area contributed by atoms with Crippen molar-refractivity contribution < 1.29 is 8.42 Å². The minimum Gasteiger partial charge on any atom is -0.218 e. The quantitative estimate of drug-likeness (QED) is 0.172. The molecule has 6 aromatic carbocycles. The standard InChI is InChI=1S/C37H21BrO2S/c38-22-17-19-32-29(21-22)24-10-2-1-9-23(24)25-11-3-6-14-30(25)37(32)31-15-7-4-13-28(31)35-33(37)20-18-27-26-12-5-8-16-34(26)41(39,40)36(27)35/h1-21H. The summed E-state index contributed by atoms with van der Waals surface area (Å²) in [5.41, 5.74) is 11.7. The molecule has 0 bridgehead atoms. The average Bonchev–Trinajstić information content (AvgIpc) is 3.39. The fourth-order valence-electron chi connectivity index (χ4n) is 7.65. The molecule has 0 aromatic heterocycles. The zero-order valence-electron chi connectivity index (χ0n) is 21.7. The number of halogens is 1. The molecular weight excluding hydrogens is 588 g/mol. The highest BCUT2D eigenvalue weighted by molar-refractivity contribution is 9.10. The first kappa shape index (κ1) is 23.5. The van der Waals surface area contributed by atoms with E-state index < -0.39 is 15.3 Å². The normalized spacial score (nSPS) is 17.9. The number of benzene rings is 6. The Kier molecular flexibility index (Phi) is 4.54. The Balaban J connectivity index is 1.53. The molecule has 1 unspecified atom stereocenters. The zero-order valence-corrected chi connectivity index (χ0v) is 24.1. The summed E-state index contributed by atoms with van der Waals surface area (Å²) in [5.74, 6) is 0. The molecule has 1 spiro atoms. The SMILES string of the molecule is O=S1(=O)c2ccccc2-c2ccc3c(c21)-c1ccccc1C31c2ccccc2-c2ccccc2-c2cc(Br)ccc21. The Labute approximate surface area is 247 Å². The molecule has 0 saturated carbocycles. The van der Waals surface area contributed by atoms with Crippen LogP contribution in [0.15, 0.2) is 142 Å². The van der Waals surface area contributed by atoms with E-state index in [-0.39, 0.29) is 0 Å². The van der Waals surface area contributed by atoms with Crippen molar-refractivity contribution in [2.45, 2.75) is 15.2 Å². The van der Waals surface area contributed by atoms with Crippen molar-refractivity contribution in [3.05, 3.63) is 154 Å². The second-order valence-corrected chi connectivity index (χ2v) is 13.7. The fraction of sp³-hybridized carbons (Fsp3) is 0.0270. The maximum absolute atomic E-state index is 14.3. The molecule has 9 rings (SSSR count). The van der Waals surface area contributed by atoms with Crippen molar-refractivity contribution in [2.75, 3.05) is 0 Å². The molecule has 0 saturated heterocycles. The second-order valence-electron chi connectivity index (χ2n) is 10.9. The molecule has 0 fully saturated rings. The summed E-state index contributed by atoms with van der Waals surface area (Å²) < 4.78 is 29.6. The maximum atomic E-state index is 14.3. The smallest absolute Gasteiger partial charge is 0.208 e. The summed E-state index contributed by atoms with van der Waals surface area (Å²) in [6, 6.07) is 43.8. The Morgan fingerprint density at radius 3 is 1.76 bits per heavy atom. The van der Waals surface area contributed by atoms with Gasteiger partial charge in [0.2, 0.25) is 9.84 Å². The van der Waals surface area contributed by atoms with Crippen LogP contribution in [0.3, 0.4) is 0 Å². The highest BCUT2D eigenvalue weighted by Gasteiger charge is 2.52. The van der Waals surface area contributed by atoms with Gasteiger partial charge >= 0.3 is 0 Å². The van der Waals surface area contributed by atoms with E-state index in [2.05, 4.69) is 107 Å². The van der Waals surface area contributed by atoms with Crippen LogP contribution in [0.5, 0.6) is 0 Å². The van der Waals surface area contributed by atoms with E-state index in [1.165, 1.54) is 11.1 Å². The van der Waals surface area contributed by atoms with E-state index in [1.54, 1.807) is 6.07 Å². The van der Waals surface area contributed by atoms with Gasteiger partial charge < -0.3 is 0 Å². The lowest BCUT2D eigenvalue weighted by atomic mass is 9.66. The van der Waals surface area contributed by atoms with Gasteiger partial charge in [0.25, 0.3) is 0 Å². The number of hydrogen-bond donors (Lipinski definition) is 0. The van der Waals surface area contributed by atoms with E-state index >= 15 is 0 Å². The molecule has 0 amide bonds. The van der Waals surface area contributed by atoms with Gasteiger partial charge in [-0.15, -0.1) is 0 Å². The number of rotatable bonds is 0. The lowest BCUT2D eigenvalue weighted by Gasteiger charge is -2.35. The topological polar surface area (TPSA) is 34.1 Å². The predicted octanol–water partition coefficient (Wildman–Crippen LogP) is 9.27. The minimum absolute atomic E-state index is 0.389. The van der Waals surface area contributed by atoms with Crippen LogP contribution >= 0.6 is 15.9 Å². The van der Waals surface area contributed by atoms with Crippen molar-refractivity contribution >= 4 is 25.8 Å². The third-order valence-electron chi connectivity index (χ3n) is 9.12. The van der Waals surface area contributed by atoms with Crippen molar-refractivity contribution in [1.29, 1.82) is 0 Å². The van der Waals surface area contributed by atoms with Crippen LogP contribution in [0.1, 0.15) is 22.3 Å². The lowest BCUT2D eigenvalue weighted by molar-refractivity contribution is 0.599. The van der Waals surface area contributed by atoms with E-state index in [0.717, 1.165) is 60.1 Å². The van der Waals surface area contributed by atoms with Crippen molar-refractivity contribution in [2.24, 2.45) is 0 Å². The molecule has 6 aromatic rings. The highest BCUT2D eigenvalue weighted by Crippen LogP contribution is 2.64. The molecule has 1 heterocycles. The summed E-state index contributed by atoms with van der Waals surface area (Å²) in [6.07, 6.45) is 0. The van der Waals surface area contributed by atoms with Crippen molar-refractivity contribution in [3.63, 3.8) is 0 Å². The first-order valence-corrected chi connectivity index (χ1v) is 15.9. The fourth-order valence-corrected chi connectivity index (χ4v) is 9.91. The molecule has 1 atom stereocenters. The van der Waals surface area contributed by atoms with Crippen LogP contribution in [-0.2, 0) is 15.3 Å². The van der Waals surface area contributed by atoms with Crippen LogP contribution in [0.4, 0.5) is 0 Å². The molecule has 194 valence electrons. The summed E-state index contributed by atoms with van der Waals surface area (Å²) in [6.45, 7) is 0. The van der Waals surface area contributed by atoms with Crippen LogP contribution in [0, 0.1) is 0 Å². The molecule has 2 aliphatic carbocycles. The Hall–Kier alpha value is -4.25. The summed E-state index contributed by atoms with van der Waals surface area (Å²) in [7, 11) is -3.72. The third-order valence-corrected chi connectivity index (χ3v) is 11.5. The van der Waals surface area contributed by atoms with E-state index in [1.807, 2.05) is 30.3 Å². The molecule has 2 nitrogen and oxygen atoms in total. The summed E-state index contributed by atoms with van der Waals surface area (Å²) >= 11 is 3.76. The van der Waals surface area contributed by atoms with E-state index in [9.17, 15) is 8.42 Å². The number of hydrogen-bond acceptors (Lipinski definition) is 2. The highest BCUT2D eigenvalue weighted by atomic mass is 79.9. The number of fused-ring (bicyclic) bond motifs is 16. The van der Waals surface area contributed by atoms with Gasteiger partial charge in [0.05, 0.1) is 15.2 Å². The predicted molar refractivity (Wildman–Crippen MR) is 167 cm³/mol. The molecule has 0 N–H and O–H groups in total. The summed E-state index contributed by atoms with van der Waals surface area (Å²) in [5, 5.41) is 0. The van der Waals surface area contributed by atoms with Crippen LogP contribution in [0.2, 0.25) is 0 Å². The summed E-state index contributed by atoms with van der Waals surface area (Å²) in [4.78, 5) is 0.818. The first-order valence-electron chi connectivity index (χ1n) is 13.6. The minimum atomic E-state index is -3.72. The van der Waals surface area contributed by atoms with Gasteiger partial charge in [-0.2, -0.15) is 0 Å². The molecule has 4 heteroatoms. The van der Waals surface area contributed by atoms with Gasteiger partial charge in [-0.3, -0.25) is 0 Å². The molecule has 41 heavy (non-hydrogen) atoms. The van der Waals surface area contributed by atoms with Crippen LogP contribution in [-0.4, -0.2) is 8.42 Å². The average molecular weight is 610 g/mol. The lowest BCUT2D eigenvalue weighted by Crippen LogP contribution is -2.29. The number of sulfone groups is 1. The van der Waals surface area contributed by atoms with Gasteiger partial charge in [-0.25, -0.2) is 8.42 Å². The van der Waals surface area contributed by atoms with E-state index in [0.29, 0.717) is 9.79 Å². The van der Waals surface area contributed by atoms with Crippen molar-refractivity contribution in [1.82, 2.24) is 0 Å². The van der Waals surface area contributed by atoms with Gasteiger partial charge in [0, 0.05) is 21.2 Å². The third kappa shape index (κ3) is 2.75.